The van der Waals surface area contributed by atoms with Gasteiger partial charge in [-0.15, -0.1) is 0 Å². The van der Waals surface area contributed by atoms with Crippen molar-refractivity contribution in [3.05, 3.63) is 22.5 Å². The normalized spacial score (nSPS) is 24.8. The molecule has 2 aliphatic heterocycles. The van der Waals surface area contributed by atoms with Gasteiger partial charge >= 0.3 is 6.18 Å². The van der Waals surface area contributed by atoms with Crippen molar-refractivity contribution < 1.29 is 17.9 Å². The SMILES string of the molecule is CC1COCCN1c1cc(N2CCN(SN(C)C)CC2C(F)(F)F)[nH]c(=O)c1. The zero-order valence-electron chi connectivity index (χ0n) is 16.2. The maximum atomic E-state index is 13.8. The van der Waals surface area contributed by atoms with Crippen molar-refractivity contribution in [2.75, 3.05) is 63.3 Å². The summed E-state index contributed by atoms with van der Waals surface area (Å²) in [5.74, 6) is 0.206. The number of halogens is 3. The molecule has 11 heteroatoms. The Morgan fingerprint density at radius 2 is 1.96 bits per heavy atom. The van der Waals surface area contributed by atoms with Crippen LogP contribution in [0.5, 0.6) is 0 Å². The van der Waals surface area contributed by atoms with Crippen LogP contribution in [0.1, 0.15) is 6.92 Å². The number of aromatic amines is 1. The first-order valence-corrected chi connectivity index (χ1v) is 9.90. The molecule has 158 valence electrons. The van der Waals surface area contributed by atoms with E-state index in [1.54, 1.807) is 28.8 Å². The van der Waals surface area contributed by atoms with Crippen molar-refractivity contribution in [1.82, 2.24) is 13.6 Å². The van der Waals surface area contributed by atoms with E-state index in [1.807, 2.05) is 11.8 Å². The molecule has 1 aromatic heterocycles. The summed E-state index contributed by atoms with van der Waals surface area (Å²) in [4.78, 5) is 18.1. The highest BCUT2D eigenvalue weighted by Gasteiger charge is 2.47. The van der Waals surface area contributed by atoms with Gasteiger partial charge in [-0.3, -0.25) is 4.79 Å². The maximum absolute atomic E-state index is 13.8. The molecule has 7 nitrogen and oxygen atoms in total. The summed E-state index contributed by atoms with van der Waals surface area (Å²) >= 11 is 1.27. The first kappa shape index (κ1) is 21.3. The predicted molar refractivity (Wildman–Crippen MR) is 105 cm³/mol. The smallest absolute Gasteiger partial charge is 0.377 e. The van der Waals surface area contributed by atoms with Crippen LogP contribution in [0, 0.1) is 0 Å². The van der Waals surface area contributed by atoms with Crippen molar-refractivity contribution in [2.24, 2.45) is 0 Å². The Morgan fingerprint density at radius 3 is 2.61 bits per heavy atom. The molecule has 2 fully saturated rings. The number of aromatic nitrogens is 1. The first-order chi connectivity index (χ1) is 13.1. The van der Waals surface area contributed by atoms with Crippen LogP contribution in [0.15, 0.2) is 16.9 Å². The van der Waals surface area contributed by atoms with E-state index in [1.165, 1.54) is 23.1 Å². The number of hydrogen-bond acceptors (Lipinski definition) is 7. The lowest BCUT2D eigenvalue weighted by Gasteiger charge is -2.43. The number of piperazine rings is 1. The fraction of sp³-hybridized carbons (Fsp3) is 0.706. The van der Waals surface area contributed by atoms with E-state index in [-0.39, 0.29) is 24.9 Å². The molecule has 0 aromatic carbocycles. The molecule has 1 aromatic rings. The Bertz CT molecular complexity index is 729. The van der Waals surface area contributed by atoms with E-state index in [2.05, 4.69) is 4.98 Å². The van der Waals surface area contributed by atoms with E-state index in [0.29, 0.717) is 32.0 Å². The summed E-state index contributed by atoms with van der Waals surface area (Å²) < 4.78 is 50.3. The highest BCUT2D eigenvalue weighted by atomic mass is 32.2. The van der Waals surface area contributed by atoms with Crippen LogP contribution in [0.4, 0.5) is 24.7 Å². The second-order valence-electron chi connectivity index (χ2n) is 7.24. The Balaban J connectivity index is 1.89. The number of pyridine rings is 1. The molecule has 0 spiro atoms. The molecule has 2 unspecified atom stereocenters. The molecule has 2 atom stereocenters. The van der Waals surface area contributed by atoms with Gasteiger partial charge in [0, 0.05) is 62.2 Å². The fourth-order valence-electron chi connectivity index (χ4n) is 3.58. The van der Waals surface area contributed by atoms with Crippen molar-refractivity contribution in [1.29, 1.82) is 0 Å². The summed E-state index contributed by atoms with van der Waals surface area (Å²) in [6.07, 6.45) is -4.41. The van der Waals surface area contributed by atoms with E-state index >= 15 is 0 Å². The van der Waals surface area contributed by atoms with Crippen LogP contribution in [0.3, 0.4) is 0 Å². The second-order valence-corrected chi connectivity index (χ2v) is 8.65. The molecule has 3 rings (SSSR count). The van der Waals surface area contributed by atoms with Gasteiger partial charge in [-0.1, -0.05) is 0 Å². The lowest BCUT2D eigenvalue weighted by Crippen LogP contribution is -2.58. The van der Waals surface area contributed by atoms with Crippen LogP contribution < -0.4 is 15.4 Å². The first-order valence-electron chi connectivity index (χ1n) is 9.17. The van der Waals surface area contributed by atoms with Gasteiger partial charge in [-0.2, -0.15) is 13.2 Å². The van der Waals surface area contributed by atoms with Gasteiger partial charge in [0.15, 0.2) is 0 Å². The molecule has 2 aliphatic rings. The largest absolute Gasteiger partial charge is 0.410 e. The molecule has 0 amide bonds. The van der Waals surface area contributed by atoms with Crippen molar-refractivity contribution >= 4 is 23.6 Å². The molecule has 0 bridgehead atoms. The van der Waals surface area contributed by atoms with Crippen molar-refractivity contribution in [2.45, 2.75) is 25.2 Å². The maximum Gasteiger partial charge on any atom is 0.410 e. The van der Waals surface area contributed by atoms with Crippen LogP contribution in [-0.4, -0.2) is 85.3 Å². The van der Waals surface area contributed by atoms with Crippen molar-refractivity contribution in [3.8, 4) is 0 Å². The average Bonchev–Trinajstić information content (AvgIpc) is 2.60. The number of ether oxygens (including phenoxy) is 1. The molecule has 1 N–H and O–H groups in total. The number of nitrogens with one attached hydrogen (secondary N) is 1. The Labute approximate surface area is 166 Å². The topological polar surface area (TPSA) is 55.1 Å². The van der Waals surface area contributed by atoms with Crippen LogP contribution in [-0.2, 0) is 4.74 Å². The van der Waals surface area contributed by atoms with Gasteiger partial charge in [0.05, 0.1) is 13.2 Å². The number of rotatable bonds is 4. The minimum Gasteiger partial charge on any atom is -0.377 e. The third-order valence-electron chi connectivity index (χ3n) is 4.82. The van der Waals surface area contributed by atoms with E-state index < -0.39 is 17.8 Å². The van der Waals surface area contributed by atoms with Crippen LogP contribution in [0.25, 0.3) is 0 Å². The number of H-pyrrole nitrogens is 1. The van der Waals surface area contributed by atoms with Crippen LogP contribution >= 0.6 is 12.1 Å². The summed E-state index contributed by atoms with van der Waals surface area (Å²) in [5.41, 5.74) is 0.220. The van der Waals surface area contributed by atoms with Crippen LogP contribution in [0.2, 0.25) is 0 Å². The summed E-state index contributed by atoms with van der Waals surface area (Å²) in [6, 6.07) is 1.44. The minimum absolute atomic E-state index is 0.0511. The number of alkyl halides is 3. The molecular weight excluding hydrogens is 395 g/mol. The molecular formula is C17H26F3N5O2S. The summed E-state index contributed by atoms with van der Waals surface area (Å²) in [7, 11) is 3.59. The standard InChI is InChI=1S/C17H26F3N5O2S/c1-12-11-27-7-6-24(12)13-8-15(21-16(26)9-13)25-5-4-23(28-22(2)3)10-14(25)17(18,19)20/h8-9,12,14H,4-7,10-11H2,1-3H3,(H,21,26). The number of nitrogens with zero attached hydrogens (tertiary/aromatic N) is 4. The van der Waals surface area contributed by atoms with E-state index in [4.69, 9.17) is 4.74 Å². The lowest BCUT2D eigenvalue weighted by molar-refractivity contribution is -0.153. The van der Waals surface area contributed by atoms with Gasteiger partial charge in [0.25, 0.3) is 5.56 Å². The van der Waals surface area contributed by atoms with Gasteiger partial charge in [-0.25, -0.2) is 8.61 Å². The zero-order valence-corrected chi connectivity index (χ0v) is 17.0. The fourth-order valence-corrected chi connectivity index (χ4v) is 4.41. The Kier molecular flexibility index (Phi) is 6.47. The van der Waals surface area contributed by atoms with Gasteiger partial charge in [0.2, 0.25) is 0 Å². The quantitative estimate of drug-likeness (QED) is 0.744. The van der Waals surface area contributed by atoms with Gasteiger partial charge < -0.3 is 19.5 Å². The zero-order chi connectivity index (χ0) is 20.5. The molecule has 0 saturated carbocycles. The van der Waals surface area contributed by atoms with Crippen molar-refractivity contribution in [3.63, 3.8) is 0 Å². The Hall–Kier alpha value is -1.43. The number of hydrogen-bond donors (Lipinski definition) is 1. The molecule has 0 aliphatic carbocycles. The average molecular weight is 421 g/mol. The summed E-state index contributed by atoms with van der Waals surface area (Å²) in [5, 5.41) is 0. The van der Waals surface area contributed by atoms with E-state index in [0.717, 1.165) is 0 Å². The third kappa shape index (κ3) is 4.94. The Morgan fingerprint density at radius 1 is 1.21 bits per heavy atom. The van der Waals surface area contributed by atoms with Gasteiger partial charge in [0.1, 0.15) is 11.9 Å². The molecule has 0 radical (unpaired) electrons. The highest BCUT2D eigenvalue weighted by molar-refractivity contribution is 7.94. The molecule has 28 heavy (non-hydrogen) atoms. The predicted octanol–water partition coefficient (Wildman–Crippen LogP) is 1.78. The monoisotopic (exact) mass is 421 g/mol. The lowest BCUT2D eigenvalue weighted by atomic mass is 10.1. The van der Waals surface area contributed by atoms with E-state index in [9.17, 15) is 18.0 Å². The summed E-state index contributed by atoms with van der Waals surface area (Å²) in [6.45, 7) is 4.06. The second kappa shape index (κ2) is 8.52. The molecule has 2 saturated heterocycles. The molecule has 3 heterocycles. The minimum atomic E-state index is -4.41. The number of anilines is 2. The number of morpholine rings is 1. The highest BCUT2D eigenvalue weighted by Crippen LogP contribution is 2.34. The van der Waals surface area contributed by atoms with Gasteiger partial charge in [-0.05, 0) is 21.0 Å². The third-order valence-corrected chi connectivity index (χ3v) is 5.71.